The molecule has 1 amide bonds. The van der Waals surface area contributed by atoms with Crippen molar-refractivity contribution in [1.82, 2.24) is 4.98 Å². The Labute approximate surface area is 262 Å². The second-order valence-electron chi connectivity index (χ2n) is 6.93. The van der Waals surface area contributed by atoms with Gasteiger partial charge in [-0.15, -0.1) is 17.8 Å². The first-order valence-electron chi connectivity index (χ1n) is 11.6. The van der Waals surface area contributed by atoms with Crippen molar-refractivity contribution in [3.8, 4) is 119 Å². The first kappa shape index (κ1) is 36.4. The maximum absolute atomic E-state index is 13.0. The summed E-state index contributed by atoms with van der Waals surface area (Å²) >= 11 is 0. The Kier molecular flexibility index (Phi) is 20.2. The van der Waals surface area contributed by atoms with Gasteiger partial charge < -0.3 is 5.32 Å². The van der Waals surface area contributed by atoms with Gasteiger partial charge in [0.15, 0.2) is 0 Å². The van der Waals surface area contributed by atoms with Gasteiger partial charge in [0, 0.05) is 36.1 Å². The number of hydrogen-bond donors (Lipinski definition) is 2. The highest BCUT2D eigenvalue weighted by atomic mass is 19.1. The normalized spacial score (nSPS) is 6.89. The number of carbonyl (C=O) groups excluding carboxylic acids is 1. The molecule has 3 N–H and O–H groups in total. The van der Waals surface area contributed by atoms with E-state index >= 15 is 0 Å². The maximum atomic E-state index is 13.0. The number of para-hydroxylation sites is 1. The first-order valence-corrected chi connectivity index (χ1v) is 11.6. The zero-order chi connectivity index (χ0) is 31.4. The molecule has 3 aromatic rings. The molecule has 218 valence electrons. The molecule has 8 heteroatoms. The van der Waals surface area contributed by atoms with Crippen LogP contribution < -0.4 is 11.2 Å². The van der Waals surface area contributed by atoms with E-state index in [1.807, 2.05) is 30.3 Å². The molecule has 0 saturated carbocycles. The Hall–Kier alpha value is -7.64. The van der Waals surface area contributed by atoms with Crippen LogP contribution in [0.2, 0.25) is 0 Å². The van der Waals surface area contributed by atoms with Crippen LogP contribution >= 0.6 is 0 Å². The molecule has 0 spiro atoms. The zero-order valence-corrected chi connectivity index (χ0v) is 22.7. The quantitative estimate of drug-likeness (QED) is 0.185. The second kappa shape index (κ2) is 24.4. The molecular weight excluding hydrogens is 558 g/mol. The summed E-state index contributed by atoms with van der Waals surface area (Å²) in [5, 5.41) is 4.56. The highest BCUT2D eigenvalue weighted by Gasteiger charge is 2.08. The number of nitroso groups, excluding NO2 is 1. The Morgan fingerprint density at radius 2 is 1.16 bits per heavy atom. The molecule has 0 bridgehead atoms. The van der Waals surface area contributed by atoms with E-state index in [0.717, 1.165) is 16.8 Å². The Morgan fingerprint density at radius 1 is 0.727 bits per heavy atom. The molecule has 3 rings (SSSR count). The predicted octanol–water partition coefficient (Wildman–Crippen LogP) is 5.43. The monoisotopic (exact) mass is 586 g/mol. The summed E-state index contributed by atoms with van der Waals surface area (Å²) in [6.45, 7) is 0. The molecule has 0 aliphatic rings. The fraction of sp³-hybridized carbons (Fsp3) is 0. The van der Waals surface area contributed by atoms with Gasteiger partial charge in [-0.3, -0.25) is 20.3 Å². The first-order chi connectivity index (χ1) is 21.0. The minimum Gasteiger partial charge on any atom is -0.322 e. The average molecular weight is 587 g/mol. The molecule has 2 aromatic carbocycles. The lowest BCUT2D eigenvalue weighted by Gasteiger charge is -2.07. The largest absolute Gasteiger partial charge is 0.322 e. The fourth-order valence-corrected chi connectivity index (χ4v) is 2.54. The molecule has 1 aromatic heterocycles. The van der Waals surface area contributed by atoms with Gasteiger partial charge in [-0.05, 0) is 131 Å². The lowest BCUT2D eigenvalue weighted by molar-refractivity contribution is 0.102. The molecule has 0 saturated heterocycles. The molecule has 0 aliphatic heterocycles. The number of nitrogens with one attached hydrogen (secondary N) is 1. The standard InChI is InChI=1S/C18H13FN2O.C18H2.FH.H2N2O.5H2/c19-16-8-6-13(7-9-16)14-10-15(12-20-11-14)18(22)21-17-4-2-1-3-5-17;1-3-5-7-9-11-13-15-17-18-16-14-12-10-8-6-4-2;;1-2-3;;;;;/h1-12H,(H,21,22);1-2H;1H;(H2,1,3);5*1H. The second-order valence-corrected chi connectivity index (χ2v) is 6.93. The van der Waals surface area contributed by atoms with Crippen molar-refractivity contribution in [3.63, 3.8) is 0 Å². The van der Waals surface area contributed by atoms with E-state index in [9.17, 15) is 9.18 Å². The number of hydrogen-bond acceptors (Lipinski definition) is 4. The van der Waals surface area contributed by atoms with Crippen LogP contribution in [0, 0.1) is 118 Å². The average Bonchev–Trinajstić information content (AvgIpc) is 3.03. The van der Waals surface area contributed by atoms with Gasteiger partial charge in [-0.25, -0.2) is 4.39 Å². The van der Waals surface area contributed by atoms with Crippen LogP contribution in [-0.2, 0) is 0 Å². The third-order valence-electron chi connectivity index (χ3n) is 4.17. The van der Waals surface area contributed by atoms with Crippen molar-refractivity contribution in [2.75, 3.05) is 5.32 Å². The molecule has 1 heterocycles. The molecule has 0 radical (unpaired) electrons. The number of amides is 1. The van der Waals surface area contributed by atoms with E-state index in [0.29, 0.717) is 5.56 Å². The molecule has 0 aliphatic carbocycles. The van der Waals surface area contributed by atoms with Crippen molar-refractivity contribution in [2.24, 2.45) is 11.1 Å². The number of anilines is 1. The number of benzene rings is 2. The van der Waals surface area contributed by atoms with Crippen molar-refractivity contribution in [3.05, 3.63) is 89.3 Å². The highest BCUT2D eigenvalue weighted by molar-refractivity contribution is 6.04. The van der Waals surface area contributed by atoms with Gasteiger partial charge in [0.25, 0.3) is 5.91 Å². The van der Waals surface area contributed by atoms with Crippen LogP contribution in [0.25, 0.3) is 11.1 Å². The predicted molar refractivity (Wildman–Crippen MR) is 179 cm³/mol. The van der Waals surface area contributed by atoms with Crippen LogP contribution in [0.5, 0.6) is 0 Å². The molecule has 0 unspecified atom stereocenters. The molecule has 6 nitrogen and oxygen atoms in total. The number of rotatable bonds is 3. The van der Waals surface area contributed by atoms with E-state index in [1.165, 1.54) is 18.3 Å². The minimum atomic E-state index is -0.297. The van der Waals surface area contributed by atoms with Crippen molar-refractivity contribution < 1.29 is 21.0 Å². The van der Waals surface area contributed by atoms with Crippen molar-refractivity contribution in [1.29, 1.82) is 0 Å². The van der Waals surface area contributed by atoms with Gasteiger partial charge >= 0.3 is 0 Å². The molecule has 0 fully saturated rings. The number of nitrogens with zero attached hydrogens (tertiary/aromatic N) is 2. The van der Waals surface area contributed by atoms with Gasteiger partial charge in [0.2, 0.25) is 0 Å². The Bertz CT molecular complexity index is 1910. The smallest absolute Gasteiger partial charge is 0.257 e. The molecule has 0 atom stereocenters. The number of halogens is 2. The van der Waals surface area contributed by atoms with Crippen molar-refractivity contribution >= 4 is 11.6 Å². The van der Waals surface area contributed by atoms with E-state index in [-0.39, 0.29) is 23.6 Å². The highest BCUT2D eigenvalue weighted by Crippen LogP contribution is 2.20. The number of terminal acetylenes is 2. The summed E-state index contributed by atoms with van der Waals surface area (Å²) in [6.07, 6.45) is 12.9. The Morgan fingerprint density at radius 3 is 1.59 bits per heavy atom. The number of nitrogens with two attached hydrogens (primary N) is 1. The topological polar surface area (TPSA) is 97.4 Å². The number of pyridine rings is 1. The Balaban J connectivity index is -0.000000159. The van der Waals surface area contributed by atoms with E-state index in [4.69, 9.17) is 17.8 Å². The van der Waals surface area contributed by atoms with Crippen LogP contribution in [0.4, 0.5) is 14.8 Å². The zero-order valence-electron chi connectivity index (χ0n) is 22.7. The summed E-state index contributed by atoms with van der Waals surface area (Å²) in [4.78, 5) is 24.7. The molecular formula is C36H28F2N4O2. The van der Waals surface area contributed by atoms with Crippen LogP contribution in [0.15, 0.2) is 78.3 Å². The van der Waals surface area contributed by atoms with Gasteiger partial charge in [0.05, 0.1) is 5.56 Å². The third-order valence-corrected chi connectivity index (χ3v) is 4.17. The van der Waals surface area contributed by atoms with E-state index < -0.39 is 0 Å². The number of carbonyl (C=O) groups is 1. The van der Waals surface area contributed by atoms with Crippen LogP contribution in [0.3, 0.4) is 0 Å². The van der Waals surface area contributed by atoms with Gasteiger partial charge in [-0.1, -0.05) is 30.3 Å². The van der Waals surface area contributed by atoms with Crippen molar-refractivity contribution in [2.45, 2.75) is 0 Å². The SMILES string of the molecule is C#CC#CC#CC#CC#CC#CC#CC#CC#C.F.NN=O.O=C(Nc1ccccc1)c1cncc(-c2ccc(F)cc2)c1.[HH].[HH].[HH].[HH].[HH]. The summed E-state index contributed by atoms with van der Waals surface area (Å²) in [6, 6.07) is 17.0. The summed E-state index contributed by atoms with van der Waals surface area (Å²) in [5.41, 5.74) is 2.74. The fourth-order valence-electron chi connectivity index (χ4n) is 2.54. The summed E-state index contributed by atoms with van der Waals surface area (Å²) in [5.74, 6) is 41.6. The lowest BCUT2D eigenvalue weighted by Crippen LogP contribution is -2.12. The van der Waals surface area contributed by atoms with Gasteiger partial charge in [-0.2, -0.15) is 0 Å². The minimum absolute atomic E-state index is 0. The summed E-state index contributed by atoms with van der Waals surface area (Å²) in [7, 11) is 0. The van der Waals surface area contributed by atoms with E-state index in [2.05, 4.69) is 111 Å². The summed E-state index contributed by atoms with van der Waals surface area (Å²) < 4.78 is 13.0. The van der Waals surface area contributed by atoms with E-state index in [1.54, 1.807) is 29.7 Å². The van der Waals surface area contributed by atoms with Crippen LogP contribution in [0.1, 0.15) is 17.5 Å². The lowest BCUT2D eigenvalue weighted by atomic mass is 10.1. The van der Waals surface area contributed by atoms with Gasteiger partial charge in [0.1, 0.15) is 5.82 Å². The van der Waals surface area contributed by atoms with Crippen LogP contribution in [-0.4, -0.2) is 10.9 Å². The molecule has 44 heavy (non-hydrogen) atoms. The number of aromatic nitrogens is 1. The third kappa shape index (κ3) is 17.0. The maximum Gasteiger partial charge on any atom is 0.257 e.